The van der Waals surface area contributed by atoms with E-state index in [1.54, 1.807) is 0 Å². The first-order chi connectivity index (χ1) is 15.3. The number of Topliss-reactive ketones (excluding diaryl/α,β-unsaturated/α-hetero) is 1. The zero-order valence-corrected chi connectivity index (χ0v) is 19.9. The van der Waals surface area contributed by atoms with E-state index in [1.807, 2.05) is 36.4 Å². The molecule has 0 saturated carbocycles. The Labute approximate surface area is 191 Å². The van der Waals surface area contributed by atoms with Crippen LogP contribution in [0.25, 0.3) is 0 Å². The van der Waals surface area contributed by atoms with E-state index in [0.29, 0.717) is 12.2 Å². The predicted molar refractivity (Wildman–Crippen MR) is 135 cm³/mol. The number of ketones is 1. The molecule has 0 aliphatic rings. The third kappa shape index (κ3) is 10.8. The zero-order valence-electron chi connectivity index (χ0n) is 19.9. The molecule has 0 N–H and O–H groups in total. The lowest BCUT2D eigenvalue weighted by atomic mass is 9.85. The second kappa shape index (κ2) is 16.8. The van der Waals surface area contributed by atoms with Gasteiger partial charge in [0.05, 0.1) is 5.92 Å². The minimum Gasteiger partial charge on any atom is -0.299 e. The minimum atomic E-state index is -0.121. The molecule has 0 bridgehead atoms. The Balaban J connectivity index is 1.56. The molecular weight excluding hydrogens is 376 g/mol. The van der Waals surface area contributed by atoms with E-state index >= 15 is 0 Å². The average Bonchev–Trinajstić information content (AvgIpc) is 2.81. The van der Waals surface area contributed by atoms with Gasteiger partial charge < -0.3 is 0 Å². The summed E-state index contributed by atoms with van der Waals surface area (Å²) in [5, 5.41) is 0. The number of unbranched alkanes of at least 4 members (excludes halogenated alkanes) is 13. The van der Waals surface area contributed by atoms with Gasteiger partial charge in [0.1, 0.15) is 5.78 Å². The molecule has 0 atom stereocenters. The largest absolute Gasteiger partial charge is 0.299 e. The van der Waals surface area contributed by atoms with E-state index in [1.165, 1.54) is 83.5 Å². The van der Waals surface area contributed by atoms with Crippen LogP contribution < -0.4 is 0 Å². The molecule has 0 aliphatic heterocycles. The van der Waals surface area contributed by atoms with Crippen molar-refractivity contribution in [2.24, 2.45) is 0 Å². The Morgan fingerprint density at radius 2 is 0.903 bits per heavy atom. The van der Waals surface area contributed by atoms with Crippen LogP contribution in [-0.2, 0) is 4.79 Å². The van der Waals surface area contributed by atoms with Crippen molar-refractivity contribution in [2.75, 3.05) is 0 Å². The summed E-state index contributed by atoms with van der Waals surface area (Å²) in [4.78, 5) is 13.1. The first-order valence-electron chi connectivity index (χ1n) is 13.0. The highest BCUT2D eigenvalue weighted by Gasteiger charge is 2.21. The Morgan fingerprint density at radius 1 is 0.548 bits per heavy atom. The quantitative estimate of drug-likeness (QED) is 0.220. The summed E-state index contributed by atoms with van der Waals surface area (Å²) < 4.78 is 0. The van der Waals surface area contributed by atoms with Crippen LogP contribution in [0.5, 0.6) is 0 Å². The second-order valence-corrected chi connectivity index (χ2v) is 9.07. The zero-order chi connectivity index (χ0) is 22.0. The third-order valence-corrected chi connectivity index (χ3v) is 6.36. The minimum absolute atomic E-state index is 0.121. The Kier molecular flexibility index (Phi) is 13.7. The van der Waals surface area contributed by atoms with Gasteiger partial charge in [-0.25, -0.2) is 0 Å². The summed E-state index contributed by atoms with van der Waals surface area (Å²) in [5.41, 5.74) is 2.23. The first-order valence-corrected chi connectivity index (χ1v) is 13.0. The van der Waals surface area contributed by atoms with Crippen LogP contribution in [0.15, 0.2) is 60.7 Å². The topological polar surface area (TPSA) is 17.1 Å². The van der Waals surface area contributed by atoms with Crippen molar-refractivity contribution in [3.63, 3.8) is 0 Å². The van der Waals surface area contributed by atoms with Crippen molar-refractivity contribution in [3.8, 4) is 0 Å². The van der Waals surface area contributed by atoms with Crippen molar-refractivity contribution in [2.45, 2.75) is 109 Å². The van der Waals surface area contributed by atoms with Gasteiger partial charge >= 0.3 is 0 Å². The van der Waals surface area contributed by atoms with Gasteiger partial charge in [0.25, 0.3) is 0 Å². The van der Waals surface area contributed by atoms with E-state index < -0.39 is 0 Å². The highest BCUT2D eigenvalue weighted by Crippen LogP contribution is 2.27. The molecule has 2 rings (SSSR count). The summed E-state index contributed by atoms with van der Waals surface area (Å²) in [5.74, 6) is 0.237. The van der Waals surface area contributed by atoms with Gasteiger partial charge in [-0.3, -0.25) is 4.79 Å². The molecule has 0 aliphatic carbocycles. The molecule has 0 saturated heterocycles. The van der Waals surface area contributed by atoms with E-state index in [2.05, 4.69) is 31.2 Å². The summed E-state index contributed by atoms with van der Waals surface area (Å²) in [6.07, 6.45) is 19.5. The van der Waals surface area contributed by atoms with Gasteiger partial charge in [0.15, 0.2) is 0 Å². The van der Waals surface area contributed by atoms with Crippen LogP contribution in [0, 0.1) is 0 Å². The van der Waals surface area contributed by atoms with Crippen LogP contribution in [0.3, 0.4) is 0 Å². The summed E-state index contributed by atoms with van der Waals surface area (Å²) >= 11 is 0. The van der Waals surface area contributed by atoms with Crippen molar-refractivity contribution in [3.05, 3.63) is 71.8 Å². The maximum Gasteiger partial charge on any atom is 0.144 e. The Morgan fingerprint density at radius 3 is 1.29 bits per heavy atom. The standard InChI is InChI=1S/C30H44O/c1-2-3-4-5-6-7-8-9-10-11-12-13-14-21-26-29(31)30(27-22-17-15-18-23-27)28-24-19-16-20-25-28/h15-20,22-25,30H,2-14,21,26H2,1H3. The number of hydrogen-bond acceptors (Lipinski definition) is 1. The summed E-state index contributed by atoms with van der Waals surface area (Å²) in [6.45, 7) is 2.28. The molecule has 170 valence electrons. The Bertz CT molecular complexity index is 637. The fourth-order valence-corrected chi connectivity index (χ4v) is 4.49. The van der Waals surface area contributed by atoms with Crippen LogP contribution in [0.4, 0.5) is 0 Å². The fraction of sp³-hybridized carbons (Fsp3) is 0.567. The third-order valence-electron chi connectivity index (χ3n) is 6.36. The lowest BCUT2D eigenvalue weighted by Crippen LogP contribution is -2.14. The number of hydrogen-bond donors (Lipinski definition) is 0. The van der Waals surface area contributed by atoms with Gasteiger partial charge in [0, 0.05) is 6.42 Å². The highest BCUT2D eigenvalue weighted by atomic mass is 16.1. The molecular formula is C30H44O. The number of carbonyl (C=O) groups excluding carboxylic acids is 1. The lowest BCUT2D eigenvalue weighted by Gasteiger charge is -2.17. The molecule has 31 heavy (non-hydrogen) atoms. The predicted octanol–water partition coefficient (Wildman–Crippen LogP) is 9.26. The molecule has 0 radical (unpaired) electrons. The summed E-state index contributed by atoms with van der Waals surface area (Å²) in [7, 11) is 0. The molecule has 2 aromatic rings. The van der Waals surface area contributed by atoms with Gasteiger partial charge in [-0.15, -0.1) is 0 Å². The van der Waals surface area contributed by atoms with E-state index in [4.69, 9.17) is 0 Å². The van der Waals surface area contributed by atoms with Crippen LogP contribution in [0.1, 0.15) is 120 Å². The molecule has 0 unspecified atom stereocenters. The monoisotopic (exact) mass is 420 g/mol. The van der Waals surface area contributed by atoms with Crippen LogP contribution in [-0.4, -0.2) is 5.78 Å². The number of carbonyl (C=O) groups is 1. The molecule has 1 nitrogen and oxygen atoms in total. The van der Waals surface area contributed by atoms with Crippen molar-refractivity contribution < 1.29 is 4.79 Å². The molecule has 0 amide bonds. The summed E-state index contributed by atoms with van der Waals surface area (Å²) in [6, 6.07) is 20.5. The molecule has 0 aromatic heterocycles. The van der Waals surface area contributed by atoms with Crippen molar-refractivity contribution in [1.82, 2.24) is 0 Å². The molecule has 1 heteroatoms. The Hall–Kier alpha value is -1.89. The van der Waals surface area contributed by atoms with Gasteiger partial charge in [0.2, 0.25) is 0 Å². The second-order valence-electron chi connectivity index (χ2n) is 9.07. The maximum atomic E-state index is 13.1. The SMILES string of the molecule is CCCCCCCCCCCCCCCCC(=O)C(c1ccccc1)c1ccccc1. The van der Waals surface area contributed by atoms with E-state index in [0.717, 1.165) is 17.5 Å². The van der Waals surface area contributed by atoms with Gasteiger partial charge in [-0.05, 0) is 17.5 Å². The fourth-order valence-electron chi connectivity index (χ4n) is 4.49. The van der Waals surface area contributed by atoms with Crippen LogP contribution >= 0.6 is 0 Å². The number of rotatable bonds is 18. The van der Waals surface area contributed by atoms with Crippen molar-refractivity contribution >= 4 is 5.78 Å². The molecule has 2 aromatic carbocycles. The highest BCUT2D eigenvalue weighted by molar-refractivity contribution is 5.89. The van der Waals surface area contributed by atoms with E-state index in [9.17, 15) is 4.79 Å². The average molecular weight is 421 g/mol. The van der Waals surface area contributed by atoms with Crippen LogP contribution in [0.2, 0.25) is 0 Å². The van der Waals surface area contributed by atoms with Gasteiger partial charge in [-0.2, -0.15) is 0 Å². The molecule has 0 spiro atoms. The van der Waals surface area contributed by atoms with Crippen molar-refractivity contribution in [1.29, 1.82) is 0 Å². The first kappa shape index (κ1) is 25.4. The van der Waals surface area contributed by atoms with E-state index in [-0.39, 0.29) is 5.92 Å². The normalized spacial score (nSPS) is 11.2. The molecule has 0 heterocycles. The lowest BCUT2D eigenvalue weighted by molar-refractivity contribution is -0.119. The maximum absolute atomic E-state index is 13.1. The molecule has 0 fully saturated rings. The smallest absolute Gasteiger partial charge is 0.144 e. The number of benzene rings is 2. The van der Waals surface area contributed by atoms with Gasteiger partial charge in [-0.1, -0.05) is 151 Å².